The summed E-state index contributed by atoms with van der Waals surface area (Å²) >= 11 is 3.36. The predicted molar refractivity (Wildman–Crippen MR) is 83.3 cm³/mol. The van der Waals surface area contributed by atoms with Crippen molar-refractivity contribution in [2.75, 3.05) is 13.7 Å². The van der Waals surface area contributed by atoms with Gasteiger partial charge in [-0.15, -0.1) is 0 Å². The molecule has 0 saturated heterocycles. The molecule has 114 valence electrons. The average molecular weight is 366 g/mol. The van der Waals surface area contributed by atoms with Gasteiger partial charge in [0.1, 0.15) is 18.1 Å². The van der Waals surface area contributed by atoms with Crippen molar-refractivity contribution in [1.82, 2.24) is 10.3 Å². The highest BCUT2D eigenvalue weighted by molar-refractivity contribution is 9.10. The fraction of sp³-hybridized carbons (Fsp3) is 0.200. The van der Waals surface area contributed by atoms with Crippen molar-refractivity contribution >= 4 is 21.8 Å². The molecule has 0 aliphatic carbocycles. The van der Waals surface area contributed by atoms with E-state index < -0.39 is 0 Å². The van der Waals surface area contributed by atoms with Gasteiger partial charge in [0, 0.05) is 0 Å². The van der Waals surface area contributed by atoms with Crippen LogP contribution in [0, 0.1) is 5.82 Å². The minimum atomic E-state index is -0.270. The van der Waals surface area contributed by atoms with Crippen LogP contribution in [-0.4, -0.2) is 24.5 Å². The van der Waals surface area contributed by atoms with Crippen molar-refractivity contribution in [1.29, 1.82) is 0 Å². The van der Waals surface area contributed by atoms with Crippen LogP contribution in [-0.2, 0) is 4.84 Å². The summed E-state index contributed by atoms with van der Waals surface area (Å²) in [6.45, 7) is 0.364. The molecular weight excluding hydrogens is 353 g/mol. The highest BCUT2D eigenvalue weighted by Crippen LogP contribution is 2.23. The fourth-order valence-electron chi connectivity index (χ4n) is 2.10. The van der Waals surface area contributed by atoms with E-state index in [1.807, 2.05) is 6.07 Å². The lowest BCUT2D eigenvalue weighted by molar-refractivity contribution is 0.109. The molecule has 1 N–H and O–H groups in total. The summed E-state index contributed by atoms with van der Waals surface area (Å²) in [7, 11) is 1.55. The van der Waals surface area contributed by atoms with Crippen LogP contribution in [0.15, 0.2) is 46.0 Å². The highest BCUT2D eigenvalue weighted by atomic mass is 79.9. The molecule has 1 aliphatic rings. The summed E-state index contributed by atoms with van der Waals surface area (Å²) in [6, 6.07) is 9.78. The molecular formula is C15H13BrFN3O2. The third kappa shape index (κ3) is 3.04. The van der Waals surface area contributed by atoms with Crippen LogP contribution < -0.4 is 10.1 Å². The fourth-order valence-corrected chi connectivity index (χ4v) is 2.49. The molecule has 2 aromatic rings. The molecule has 0 spiro atoms. The van der Waals surface area contributed by atoms with E-state index in [0.29, 0.717) is 24.0 Å². The molecule has 0 bridgehead atoms. The number of benzene rings is 1. The number of nitrogens with one attached hydrogen (secondary N) is 1. The molecule has 5 nitrogen and oxygen atoms in total. The minimum Gasteiger partial charge on any atom is -0.480 e. The second-order valence-electron chi connectivity index (χ2n) is 4.67. The molecule has 22 heavy (non-hydrogen) atoms. The van der Waals surface area contributed by atoms with Gasteiger partial charge in [-0.25, -0.2) is 9.37 Å². The van der Waals surface area contributed by atoms with E-state index in [4.69, 9.17) is 9.57 Å². The standard InChI is InChI=1S/C15H13BrFN3O2/c1-21-15-11(16)6-7-12(19-15)14-18-13(8-22-20-14)9-2-4-10(17)5-3-9/h2-7,13H,8H2,1H3,(H,18,20). The van der Waals surface area contributed by atoms with Gasteiger partial charge in [0.25, 0.3) is 0 Å². The normalized spacial score (nSPS) is 17.2. The Bertz CT molecular complexity index is 706. The van der Waals surface area contributed by atoms with E-state index in [0.717, 1.165) is 10.0 Å². The number of oxime groups is 1. The lowest BCUT2D eigenvalue weighted by atomic mass is 10.1. The molecule has 1 unspecified atom stereocenters. The van der Waals surface area contributed by atoms with Crippen molar-refractivity contribution < 1.29 is 14.0 Å². The number of hydrogen-bond acceptors (Lipinski definition) is 5. The number of halogens is 2. The van der Waals surface area contributed by atoms with Crippen LogP contribution >= 0.6 is 15.9 Å². The number of rotatable bonds is 3. The summed E-state index contributed by atoms with van der Waals surface area (Å²) in [5.74, 6) is 0.700. The largest absolute Gasteiger partial charge is 0.480 e. The Hall–Kier alpha value is -2.15. The van der Waals surface area contributed by atoms with Gasteiger partial charge in [-0.3, -0.25) is 0 Å². The topological polar surface area (TPSA) is 55.7 Å². The van der Waals surface area contributed by atoms with Gasteiger partial charge in [0.05, 0.1) is 17.6 Å². The van der Waals surface area contributed by atoms with E-state index in [2.05, 4.69) is 31.4 Å². The summed E-state index contributed by atoms with van der Waals surface area (Å²) < 4.78 is 18.9. The third-order valence-electron chi connectivity index (χ3n) is 3.23. The van der Waals surface area contributed by atoms with Gasteiger partial charge >= 0.3 is 0 Å². The van der Waals surface area contributed by atoms with E-state index in [1.54, 1.807) is 25.3 Å². The summed E-state index contributed by atoms with van der Waals surface area (Å²) in [6.07, 6.45) is 0. The molecule has 3 rings (SSSR count). The Kier molecular flexibility index (Phi) is 4.24. The molecule has 2 heterocycles. The number of ether oxygens (including phenoxy) is 1. The van der Waals surface area contributed by atoms with E-state index in [1.165, 1.54) is 12.1 Å². The molecule has 0 saturated carbocycles. The average Bonchev–Trinajstić information content (AvgIpc) is 2.56. The number of aromatic nitrogens is 1. The Morgan fingerprint density at radius 3 is 2.77 bits per heavy atom. The molecule has 0 fully saturated rings. The van der Waals surface area contributed by atoms with Crippen LogP contribution in [0.5, 0.6) is 5.88 Å². The van der Waals surface area contributed by atoms with Gasteiger partial charge in [-0.2, -0.15) is 0 Å². The van der Waals surface area contributed by atoms with Crippen LogP contribution in [0.1, 0.15) is 17.3 Å². The first-order valence-corrected chi connectivity index (χ1v) is 7.39. The Morgan fingerprint density at radius 1 is 1.27 bits per heavy atom. The smallest absolute Gasteiger partial charge is 0.228 e. The molecule has 1 aliphatic heterocycles. The maximum absolute atomic E-state index is 13.0. The number of methoxy groups -OCH3 is 1. The number of nitrogens with zero attached hydrogens (tertiary/aromatic N) is 2. The second kappa shape index (κ2) is 6.31. The molecule has 1 aromatic heterocycles. The second-order valence-corrected chi connectivity index (χ2v) is 5.53. The molecule has 1 aromatic carbocycles. The zero-order chi connectivity index (χ0) is 15.5. The maximum atomic E-state index is 13.0. The summed E-state index contributed by atoms with van der Waals surface area (Å²) in [5.41, 5.74) is 1.52. The highest BCUT2D eigenvalue weighted by Gasteiger charge is 2.21. The SMILES string of the molecule is COc1nc(C2=NOCC(c3ccc(F)cc3)N2)ccc1Br. The number of amidine groups is 1. The van der Waals surface area contributed by atoms with Crippen molar-refractivity contribution in [2.45, 2.75) is 6.04 Å². The molecule has 1 atom stereocenters. The van der Waals surface area contributed by atoms with Crippen molar-refractivity contribution in [3.05, 3.63) is 57.9 Å². The molecule has 0 amide bonds. The number of hydrogen-bond donors (Lipinski definition) is 1. The monoisotopic (exact) mass is 365 g/mol. The van der Waals surface area contributed by atoms with Crippen LogP contribution in [0.4, 0.5) is 4.39 Å². The van der Waals surface area contributed by atoms with Crippen LogP contribution in [0.25, 0.3) is 0 Å². The molecule has 0 radical (unpaired) electrons. The number of pyridine rings is 1. The first-order chi connectivity index (χ1) is 10.7. The summed E-state index contributed by atoms with van der Waals surface area (Å²) in [4.78, 5) is 9.63. The first kappa shape index (κ1) is 14.8. The van der Waals surface area contributed by atoms with Crippen LogP contribution in [0.2, 0.25) is 0 Å². The Labute approximate surface area is 135 Å². The van der Waals surface area contributed by atoms with Crippen molar-refractivity contribution in [3.63, 3.8) is 0 Å². The maximum Gasteiger partial charge on any atom is 0.228 e. The Balaban J connectivity index is 1.83. The quantitative estimate of drug-likeness (QED) is 0.908. The van der Waals surface area contributed by atoms with E-state index in [9.17, 15) is 4.39 Å². The molecule has 7 heteroatoms. The third-order valence-corrected chi connectivity index (χ3v) is 3.83. The van der Waals surface area contributed by atoms with Crippen molar-refractivity contribution in [2.24, 2.45) is 5.16 Å². The van der Waals surface area contributed by atoms with E-state index in [-0.39, 0.29) is 11.9 Å². The van der Waals surface area contributed by atoms with Crippen molar-refractivity contribution in [3.8, 4) is 5.88 Å². The van der Waals surface area contributed by atoms with E-state index >= 15 is 0 Å². The predicted octanol–water partition coefficient (Wildman–Crippen LogP) is 3.01. The van der Waals surface area contributed by atoms with Gasteiger partial charge in [-0.1, -0.05) is 17.3 Å². The van der Waals surface area contributed by atoms with Gasteiger partial charge < -0.3 is 14.9 Å². The zero-order valence-electron chi connectivity index (χ0n) is 11.7. The lowest BCUT2D eigenvalue weighted by Crippen LogP contribution is -2.36. The Morgan fingerprint density at radius 2 is 2.05 bits per heavy atom. The zero-order valence-corrected chi connectivity index (χ0v) is 13.3. The van der Waals surface area contributed by atoms with Gasteiger partial charge in [0.15, 0.2) is 5.84 Å². The summed E-state index contributed by atoms with van der Waals surface area (Å²) in [5, 5.41) is 7.24. The minimum absolute atomic E-state index is 0.121. The van der Waals surface area contributed by atoms with Gasteiger partial charge in [0.2, 0.25) is 5.88 Å². The van der Waals surface area contributed by atoms with Gasteiger partial charge in [-0.05, 0) is 45.8 Å². The van der Waals surface area contributed by atoms with Crippen LogP contribution in [0.3, 0.4) is 0 Å². The first-order valence-electron chi connectivity index (χ1n) is 6.60. The lowest BCUT2D eigenvalue weighted by Gasteiger charge is -2.24.